The number of nitriles is 1. The predicted molar refractivity (Wildman–Crippen MR) is 250 cm³/mol. The Balaban J connectivity index is 1.06. The van der Waals surface area contributed by atoms with Gasteiger partial charge in [-0.05, 0) is 72.5 Å². The van der Waals surface area contributed by atoms with Crippen molar-refractivity contribution in [1.82, 2.24) is 25.1 Å². The molecule has 0 radical (unpaired) electrons. The van der Waals surface area contributed by atoms with E-state index in [1.54, 1.807) is 35.2 Å². The van der Waals surface area contributed by atoms with Gasteiger partial charge in [-0.1, -0.05) is 19.1 Å². The van der Waals surface area contributed by atoms with Gasteiger partial charge in [-0.3, -0.25) is 29.3 Å². The number of rotatable bonds is 18. The fourth-order valence-electron chi connectivity index (χ4n) is 9.73. The molecule has 368 valence electrons. The molecule has 0 aliphatic carbocycles. The summed E-state index contributed by atoms with van der Waals surface area (Å²) in [7, 11) is -2.70. The van der Waals surface area contributed by atoms with E-state index in [1.807, 2.05) is 13.1 Å². The van der Waals surface area contributed by atoms with Crippen LogP contribution in [-0.2, 0) is 59.5 Å². The number of piperidine rings is 1. The van der Waals surface area contributed by atoms with Crippen molar-refractivity contribution in [3.05, 3.63) is 128 Å². The first-order chi connectivity index (χ1) is 33.3. The molecule has 5 heterocycles. The molecular formula is C47H52F3N12O7S+. The number of halogens is 3. The molecule has 3 aliphatic heterocycles. The van der Waals surface area contributed by atoms with Crippen LogP contribution in [0.15, 0.2) is 78.0 Å². The average Bonchev–Trinajstić information content (AvgIpc) is 3.87. The van der Waals surface area contributed by atoms with Gasteiger partial charge in [0.25, 0.3) is 27.5 Å². The van der Waals surface area contributed by atoms with Gasteiger partial charge in [0.2, 0.25) is 0 Å². The predicted octanol–water partition coefficient (Wildman–Crippen LogP) is 5.57. The standard InChI is InChI=1S/C47H51F3N12O7S/c1-30-5-3-16-62(24-30,25-31-6-9-35(10-7-31)58-70(67,68)40-11-8-33(19-39(40)61(65)66)44(63)54-15-13-52)26-32-17-36-37(38(18-32)47(48,49)50)23-60(45(36)64)42-21-34(20-41(56-42)53-14-4-12-51)46(27-69-28-46)22-43-57-55-29-59(43)2/h6-11,17-21,29-30,58H,3-5,13-16,22-28,52H2,1-2H3,(H-,53,54,56,63)/p+1/t30-,62?/m0/s1. The lowest BCUT2D eigenvalue weighted by molar-refractivity contribution is -0.960. The number of hydrogen-bond acceptors (Lipinski definition) is 13. The number of anilines is 3. The summed E-state index contributed by atoms with van der Waals surface area (Å²) in [6.07, 6.45) is -0.901. The monoisotopic (exact) mass is 985 g/mol. The smallest absolute Gasteiger partial charge is 0.379 e. The third-order valence-electron chi connectivity index (χ3n) is 13.1. The van der Waals surface area contributed by atoms with Crippen molar-refractivity contribution >= 4 is 44.8 Å². The second-order valence-electron chi connectivity index (χ2n) is 18.4. The largest absolute Gasteiger partial charge is 0.416 e. The number of fused-ring (bicyclic) bond motifs is 1. The number of benzene rings is 3. The van der Waals surface area contributed by atoms with E-state index in [0.29, 0.717) is 61.0 Å². The summed E-state index contributed by atoms with van der Waals surface area (Å²) in [5.74, 6) is 0.123. The molecule has 0 spiro atoms. The maximum Gasteiger partial charge on any atom is 0.416 e. The van der Waals surface area contributed by atoms with Gasteiger partial charge in [0.1, 0.15) is 36.9 Å². The summed E-state index contributed by atoms with van der Waals surface area (Å²) < 4.78 is 82.8. The van der Waals surface area contributed by atoms with Crippen molar-refractivity contribution in [3.63, 3.8) is 0 Å². The quantitative estimate of drug-likeness (QED) is 0.0363. The number of nitro groups is 1. The maximum absolute atomic E-state index is 15.2. The summed E-state index contributed by atoms with van der Waals surface area (Å²) in [4.78, 5) is 43.3. The van der Waals surface area contributed by atoms with Crippen LogP contribution in [0, 0.1) is 27.4 Å². The molecule has 0 bridgehead atoms. The van der Waals surface area contributed by atoms with E-state index in [9.17, 15) is 33.4 Å². The van der Waals surface area contributed by atoms with Gasteiger partial charge >= 0.3 is 6.18 Å². The summed E-state index contributed by atoms with van der Waals surface area (Å²) in [6, 6.07) is 17.7. The highest BCUT2D eigenvalue weighted by Gasteiger charge is 2.45. The first-order valence-corrected chi connectivity index (χ1v) is 24.1. The average molecular weight is 986 g/mol. The van der Waals surface area contributed by atoms with Crippen LogP contribution in [0.3, 0.4) is 0 Å². The molecule has 0 saturated carbocycles. The zero-order chi connectivity index (χ0) is 50.0. The van der Waals surface area contributed by atoms with E-state index in [-0.39, 0.29) is 73.3 Å². The molecule has 2 amide bonds. The third kappa shape index (κ3) is 10.4. The Bertz CT molecular complexity index is 2980. The zero-order valence-corrected chi connectivity index (χ0v) is 39.3. The molecule has 2 aromatic heterocycles. The molecule has 2 atom stereocenters. The Labute approximate surface area is 401 Å². The van der Waals surface area contributed by atoms with Crippen molar-refractivity contribution in [2.45, 2.75) is 68.7 Å². The van der Waals surface area contributed by atoms with E-state index >= 15 is 13.2 Å². The Morgan fingerprint density at radius 2 is 1.84 bits per heavy atom. The van der Waals surface area contributed by atoms with Crippen LogP contribution >= 0.6 is 0 Å². The molecule has 2 fully saturated rings. The fraction of sp³-hybridized carbons (Fsp3) is 0.404. The van der Waals surface area contributed by atoms with Crippen LogP contribution in [0.5, 0.6) is 0 Å². The minimum Gasteiger partial charge on any atom is -0.379 e. The molecule has 1 unspecified atom stereocenters. The number of carbonyl (C=O) groups excluding carboxylic acids is 2. The molecule has 8 rings (SSSR count). The van der Waals surface area contributed by atoms with Gasteiger partial charge in [0.05, 0.1) is 55.8 Å². The van der Waals surface area contributed by atoms with E-state index in [1.165, 1.54) is 23.1 Å². The highest BCUT2D eigenvalue weighted by Crippen LogP contribution is 2.43. The number of quaternary nitrogens is 1. The van der Waals surface area contributed by atoms with Gasteiger partial charge in [-0.15, -0.1) is 10.2 Å². The Morgan fingerprint density at radius 3 is 2.49 bits per heavy atom. The lowest BCUT2D eigenvalue weighted by Crippen LogP contribution is -2.52. The summed E-state index contributed by atoms with van der Waals surface area (Å²) in [6.45, 7) is 4.63. The SMILES string of the molecule is C[C@H]1CCC[N+](Cc2ccc(NS(=O)(=O)c3ccc(C(=O)NCCN)cc3[N+](=O)[O-])cc2)(Cc2cc3c(c(C(F)(F)F)c2)CN(c2cc(C4(Cc5nncn5C)COC4)cc(NCCC#N)n2)C3=O)C1. The number of carbonyl (C=O) groups is 2. The molecule has 3 aromatic carbocycles. The Hall–Kier alpha value is -7.00. The van der Waals surface area contributed by atoms with Crippen LogP contribution in [-0.4, -0.2) is 95.3 Å². The van der Waals surface area contributed by atoms with Crippen molar-refractivity contribution in [2.75, 3.05) is 60.9 Å². The van der Waals surface area contributed by atoms with Gasteiger partial charge < -0.3 is 30.2 Å². The third-order valence-corrected chi connectivity index (χ3v) is 14.5. The highest BCUT2D eigenvalue weighted by atomic mass is 32.2. The second-order valence-corrected chi connectivity index (χ2v) is 20.0. The maximum atomic E-state index is 15.2. The first kappa shape index (κ1) is 49.4. The normalized spacial score (nSPS) is 18.7. The minimum absolute atomic E-state index is 0.0682. The molecule has 70 heavy (non-hydrogen) atoms. The number of nitrogens with zero attached hydrogens (tertiary/aromatic N) is 8. The lowest BCUT2D eigenvalue weighted by atomic mass is 9.75. The Morgan fingerprint density at radius 1 is 1.09 bits per heavy atom. The number of aromatic nitrogens is 4. The first-order valence-electron chi connectivity index (χ1n) is 22.6. The van der Waals surface area contributed by atoms with Crippen LogP contribution in [0.1, 0.15) is 80.5 Å². The van der Waals surface area contributed by atoms with Crippen molar-refractivity contribution in [1.29, 1.82) is 5.26 Å². The van der Waals surface area contributed by atoms with Crippen LogP contribution in [0.2, 0.25) is 0 Å². The van der Waals surface area contributed by atoms with E-state index in [2.05, 4.69) is 38.5 Å². The number of nitrogens with two attached hydrogens (primary N) is 1. The number of ether oxygens (including phenoxy) is 1. The van der Waals surface area contributed by atoms with Crippen LogP contribution in [0.25, 0.3) is 0 Å². The van der Waals surface area contributed by atoms with Gasteiger partial charge in [0, 0.05) is 78.4 Å². The molecule has 5 aromatic rings. The number of nitro benzene ring substituents is 1. The number of aryl methyl sites for hydroxylation is 1. The fourth-order valence-corrected chi connectivity index (χ4v) is 10.9. The number of amides is 2. The lowest BCUT2D eigenvalue weighted by Gasteiger charge is -2.44. The summed E-state index contributed by atoms with van der Waals surface area (Å²) in [5.41, 5.74) is 4.72. The second kappa shape index (κ2) is 19.8. The molecule has 5 N–H and O–H groups in total. The van der Waals surface area contributed by atoms with Crippen LogP contribution < -0.4 is 26.0 Å². The van der Waals surface area contributed by atoms with Crippen molar-refractivity contribution in [2.24, 2.45) is 18.7 Å². The molecule has 3 aliphatic rings. The number of pyridine rings is 1. The van der Waals surface area contributed by atoms with E-state index in [4.69, 9.17) is 15.5 Å². The molecular weight excluding hydrogens is 934 g/mol. The Kier molecular flexibility index (Phi) is 14.0. The summed E-state index contributed by atoms with van der Waals surface area (Å²) in [5, 5.41) is 35.1. The number of likely N-dealkylation sites (tertiary alicyclic amines) is 1. The van der Waals surface area contributed by atoms with Gasteiger partial charge in [0.15, 0.2) is 4.90 Å². The van der Waals surface area contributed by atoms with Crippen LogP contribution in [0.4, 0.5) is 36.2 Å². The number of hydrogen-bond donors (Lipinski definition) is 4. The van der Waals surface area contributed by atoms with Gasteiger partial charge in [-0.2, -0.15) is 18.4 Å². The molecule has 23 heteroatoms. The zero-order valence-electron chi connectivity index (χ0n) is 38.5. The number of nitrogens with one attached hydrogen (secondary N) is 3. The van der Waals surface area contributed by atoms with Crippen molar-refractivity contribution < 1.29 is 45.3 Å². The highest BCUT2D eigenvalue weighted by molar-refractivity contribution is 7.92. The van der Waals surface area contributed by atoms with Crippen molar-refractivity contribution in [3.8, 4) is 6.07 Å². The summed E-state index contributed by atoms with van der Waals surface area (Å²) >= 11 is 0. The van der Waals surface area contributed by atoms with Gasteiger partial charge in [-0.25, -0.2) is 13.4 Å². The topological polar surface area (TPSA) is 253 Å². The molecule has 2 saturated heterocycles. The van der Waals surface area contributed by atoms with E-state index in [0.717, 1.165) is 42.2 Å². The van der Waals surface area contributed by atoms with E-state index < -0.39 is 54.5 Å². The minimum atomic E-state index is -4.80. The number of sulfonamides is 1. The molecule has 19 nitrogen and oxygen atoms in total. The number of alkyl halides is 3.